The van der Waals surface area contributed by atoms with Gasteiger partial charge < -0.3 is 19.3 Å². The molecule has 0 spiro atoms. The number of fused-ring (bicyclic) bond motifs is 1. The lowest BCUT2D eigenvalue weighted by atomic mass is 9.79. The van der Waals surface area contributed by atoms with Gasteiger partial charge in [0.25, 0.3) is 0 Å². The van der Waals surface area contributed by atoms with Gasteiger partial charge in [-0.3, -0.25) is 4.79 Å². The number of hydrogen-bond acceptors (Lipinski definition) is 5. The Morgan fingerprint density at radius 2 is 1.91 bits per heavy atom. The van der Waals surface area contributed by atoms with Crippen molar-refractivity contribution in [3.63, 3.8) is 0 Å². The Balaban J connectivity index is 1.36. The van der Waals surface area contributed by atoms with Gasteiger partial charge in [-0.25, -0.2) is 0 Å². The highest BCUT2D eigenvalue weighted by Crippen LogP contribution is 2.47. The molecular weight excluding hydrogens is 416 g/mol. The number of allylic oxidation sites excluding steroid dienone is 1. The molecule has 0 bridgehead atoms. The Bertz CT molecular complexity index is 1140. The molecule has 0 fully saturated rings. The molecule has 0 saturated carbocycles. The van der Waals surface area contributed by atoms with Crippen molar-refractivity contribution in [2.45, 2.75) is 65.1 Å². The predicted molar refractivity (Wildman–Crippen MR) is 129 cm³/mol. The first-order valence-electron chi connectivity index (χ1n) is 11.7. The number of aliphatic hydroxyl groups is 1. The smallest absolute Gasteiger partial charge is 0.313 e. The maximum absolute atomic E-state index is 12.8. The van der Waals surface area contributed by atoms with Gasteiger partial charge in [-0.2, -0.15) is 0 Å². The van der Waals surface area contributed by atoms with Crippen LogP contribution in [0.5, 0.6) is 5.75 Å². The van der Waals surface area contributed by atoms with Crippen LogP contribution >= 0.6 is 0 Å². The number of hydrogen-bond donors (Lipinski definition) is 1. The van der Waals surface area contributed by atoms with Gasteiger partial charge in [0.1, 0.15) is 17.1 Å². The molecule has 5 nitrogen and oxygen atoms in total. The lowest BCUT2D eigenvalue weighted by Crippen LogP contribution is -2.28. The number of ether oxygens (including phenoxy) is 3. The Morgan fingerprint density at radius 3 is 2.64 bits per heavy atom. The normalized spacial score (nSPS) is 25.7. The molecule has 4 unspecified atom stereocenters. The van der Waals surface area contributed by atoms with E-state index in [0.29, 0.717) is 13.0 Å². The van der Waals surface area contributed by atoms with E-state index >= 15 is 0 Å². The quantitative estimate of drug-likeness (QED) is 0.575. The van der Waals surface area contributed by atoms with Crippen LogP contribution in [-0.4, -0.2) is 36.5 Å². The third-order valence-corrected chi connectivity index (χ3v) is 7.40. The van der Waals surface area contributed by atoms with Gasteiger partial charge in [-0.15, -0.1) is 0 Å². The fraction of sp³-hybridized carbons (Fsp3) is 0.464. The minimum absolute atomic E-state index is 0.0426. The number of aliphatic hydroxyl groups excluding tert-OH is 1. The highest BCUT2D eigenvalue weighted by molar-refractivity contribution is 5.86. The molecule has 33 heavy (non-hydrogen) atoms. The number of rotatable bonds is 6. The van der Waals surface area contributed by atoms with E-state index in [1.807, 2.05) is 64.1 Å². The third kappa shape index (κ3) is 4.39. The van der Waals surface area contributed by atoms with E-state index in [1.54, 1.807) is 7.11 Å². The predicted octanol–water partition coefficient (Wildman–Crippen LogP) is 5.67. The first-order chi connectivity index (χ1) is 15.6. The summed E-state index contributed by atoms with van der Waals surface area (Å²) in [6.07, 6.45) is 0.883. The van der Waals surface area contributed by atoms with Gasteiger partial charge in [0.05, 0.1) is 25.7 Å². The molecule has 176 valence electrons. The number of carbonyl (C=O) groups is 1. The monoisotopic (exact) mass is 450 g/mol. The number of esters is 1. The molecule has 4 rings (SSSR count). The number of carbonyl (C=O) groups excluding carboxylic acids is 1. The lowest BCUT2D eigenvalue weighted by molar-refractivity contribution is -0.146. The second-order valence-electron chi connectivity index (χ2n) is 9.74. The van der Waals surface area contributed by atoms with Crippen molar-refractivity contribution >= 4 is 16.7 Å². The minimum Gasteiger partial charge on any atom is -0.497 e. The molecule has 4 atom stereocenters. The standard InChI is InChI=1S/C28H34O5/c1-16-17(2)26-24(19(4)25(16)29)15-28(5,33-26)11-12-32-27(30)18(3)20-7-8-22-14-23(31-6)10-9-21(22)13-20/h7-10,13-14,18-19,25,29H,11-12,15H2,1-6H3. The molecular formula is C28H34O5. The molecule has 1 heterocycles. The second-order valence-corrected chi connectivity index (χ2v) is 9.74. The van der Waals surface area contributed by atoms with Gasteiger partial charge in [-0.05, 0) is 72.9 Å². The fourth-order valence-electron chi connectivity index (χ4n) is 4.89. The van der Waals surface area contributed by atoms with Crippen LogP contribution in [-0.2, 0) is 14.3 Å². The maximum Gasteiger partial charge on any atom is 0.313 e. The van der Waals surface area contributed by atoms with Crippen molar-refractivity contribution in [2.75, 3.05) is 13.7 Å². The summed E-state index contributed by atoms with van der Waals surface area (Å²) in [6, 6.07) is 11.9. The Labute approximate surface area is 196 Å². The van der Waals surface area contributed by atoms with Crippen LogP contribution in [0.3, 0.4) is 0 Å². The molecule has 5 heteroatoms. The lowest BCUT2D eigenvalue weighted by Gasteiger charge is -2.28. The van der Waals surface area contributed by atoms with Gasteiger partial charge in [-0.1, -0.05) is 31.2 Å². The molecule has 1 N–H and O–H groups in total. The van der Waals surface area contributed by atoms with E-state index in [4.69, 9.17) is 14.2 Å². The Morgan fingerprint density at radius 1 is 1.21 bits per heavy atom. The van der Waals surface area contributed by atoms with E-state index in [0.717, 1.165) is 45.4 Å². The first kappa shape index (κ1) is 23.4. The van der Waals surface area contributed by atoms with E-state index in [9.17, 15) is 9.90 Å². The van der Waals surface area contributed by atoms with Crippen LogP contribution in [0.1, 0.15) is 58.9 Å². The van der Waals surface area contributed by atoms with E-state index < -0.39 is 11.7 Å². The van der Waals surface area contributed by atoms with Gasteiger partial charge in [0.2, 0.25) is 0 Å². The summed E-state index contributed by atoms with van der Waals surface area (Å²) >= 11 is 0. The summed E-state index contributed by atoms with van der Waals surface area (Å²) in [5.74, 6) is 1.17. The van der Waals surface area contributed by atoms with Gasteiger partial charge in [0, 0.05) is 18.8 Å². The zero-order chi connectivity index (χ0) is 23.9. The average Bonchev–Trinajstić information content (AvgIpc) is 3.17. The number of methoxy groups -OCH3 is 1. The van der Waals surface area contributed by atoms with Crippen molar-refractivity contribution in [3.8, 4) is 5.75 Å². The summed E-state index contributed by atoms with van der Waals surface area (Å²) < 4.78 is 17.3. The summed E-state index contributed by atoms with van der Waals surface area (Å²) in [6.45, 7) is 10.2. The molecule has 2 aromatic carbocycles. The summed E-state index contributed by atoms with van der Waals surface area (Å²) in [7, 11) is 1.65. The van der Waals surface area contributed by atoms with Crippen molar-refractivity contribution in [3.05, 3.63) is 64.4 Å². The SMILES string of the molecule is COc1ccc2cc(C(C)C(=O)OCCC3(C)CC4=C(O3)C(C)=C(C)C(O)C4C)ccc2c1. The first-order valence-corrected chi connectivity index (χ1v) is 11.7. The van der Waals surface area contributed by atoms with E-state index in [2.05, 4.69) is 6.92 Å². The van der Waals surface area contributed by atoms with E-state index in [-0.39, 0.29) is 17.8 Å². The van der Waals surface area contributed by atoms with Crippen LogP contribution in [0.2, 0.25) is 0 Å². The Kier molecular flexibility index (Phi) is 6.28. The zero-order valence-electron chi connectivity index (χ0n) is 20.4. The highest BCUT2D eigenvalue weighted by atomic mass is 16.5. The van der Waals surface area contributed by atoms with Crippen molar-refractivity contribution in [2.24, 2.45) is 5.92 Å². The van der Waals surface area contributed by atoms with Crippen LogP contribution in [0, 0.1) is 5.92 Å². The summed E-state index contributed by atoms with van der Waals surface area (Å²) in [5.41, 5.74) is 3.66. The number of benzene rings is 2. The van der Waals surface area contributed by atoms with Crippen LogP contribution in [0.15, 0.2) is 58.9 Å². The van der Waals surface area contributed by atoms with Crippen molar-refractivity contribution in [1.82, 2.24) is 0 Å². The maximum atomic E-state index is 12.8. The van der Waals surface area contributed by atoms with Crippen molar-refractivity contribution in [1.29, 1.82) is 0 Å². The van der Waals surface area contributed by atoms with Gasteiger partial charge >= 0.3 is 5.97 Å². The Hall–Kier alpha value is -2.79. The molecule has 2 aromatic rings. The second kappa shape index (κ2) is 8.86. The highest BCUT2D eigenvalue weighted by Gasteiger charge is 2.43. The summed E-state index contributed by atoms with van der Waals surface area (Å²) in [5, 5.41) is 12.7. The molecule has 0 amide bonds. The zero-order valence-corrected chi connectivity index (χ0v) is 20.4. The fourth-order valence-corrected chi connectivity index (χ4v) is 4.89. The van der Waals surface area contributed by atoms with E-state index in [1.165, 1.54) is 5.57 Å². The van der Waals surface area contributed by atoms with Crippen LogP contribution < -0.4 is 4.74 Å². The topological polar surface area (TPSA) is 65.0 Å². The van der Waals surface area contributed by atoms with Crippen molar-refractivity contribution < 1.29 is 24.1 Å². The summed E-state index contributed by atoms with van der Waals surface area (Å²) in [4.78, 5) is 12.8. The molecule has 0 saturated heterocycles. The average molecular weight is 451 g/mol. The largest absolute Gasteiger partial charge is 0.497 e. The third-order valence-electron chi connectivity index (χ3n) is 7.40. The van der Waals surface area contributed by atoms with Gasteiger partial charge in [0.15, 0.2) is 0 Å². The minimum atomic E-state index is -0.462. The van der Waals surface area contributed by atoms with Crippen LogP contribution in [0.25, 0.3) is 10.8 Å². The molecule has 0 aromatic heterocycles. The van der Waals surface area contributed by atoms with Crippen LogP contribution in [0.4, 0.5) is 0 Å². The molecule has 2 aliphatic rings. The molecule has 0 radical (unpaired) electrons. The molecule has 1 aliphatic heterocycles. The molecule has 1 aliphatic carbocycles.